The van der Waals surface area contributed by atoms with Crippen LogP contribution in [0.3, 0.4) is 0 Å². The molecule has 2 rings (SSSR count). The number of amides is 1. The van der Waals surface area contributed by atoms with E-state index in [0.717, 1.165) is 4.68 Å². The first-order chi connectivity index (χ1) is 15.9. The molecule has 0 bridgehead atoms. The summed E-state index contributed by atoms with van der Waals surface area (Å²) in [5.41, 5.74) is -1.53. The van der Waals surface area contributed by atoms with Crippen LogP contribution in [0, 0.1) is 5.92 Å². The molecular weight excluding hydrogens is 452 g/mol. The maximum Gasteiger partial charge on any atom is 0.407 e. The number of aliphatic hydroxyl groups is 1. The topological polar surface area (TPSA) is 168 Å². The van der Waals surface area contributed by atoms with Gasteiger partial charge in [-0.2, -0.15) is 0 Å². The van der Waals surface area contributed by atoms with Crippen LogP contribution >= 0.6 is 0 Å². The van der Waals surface area contributed by atoms with Crippen molar-refractivity contribution in [1.82, 2.24) is 20.3 Å². The summed E-state index contributed by atoms with van der Waals surface area (Å²) in [6.45, 7) is 9.92. The van der Waals surface area contributed by atoms with E-state index in [2.05, 4.69) is 15.6 Å². The number of nitrogens with zero attached hydrogens (tertiary/aromatic N) is 3. The predicted molar refractivity (Wildman–Crippen MR) is 115 cm³/mol. The number of ether oxygens (including phenoxy) is 4. The van der Waals surface area contributed by atoms with E-state index in [0.29, 0.717) is 0 Å². The summed E-state index contributed by atoms with van der Waals surface area (Å²) in [4.78, 5) is 50.0. The minimum atomic E-state index is -1.41. The Kier molecular flexibility index (Phi) is 8.96. The normalized spacial score (nSPS) is 22.1. The number of hydrogen-bond acceptors (Lipinski definition) is 11. The average Bonchev–Trinajstić information content (AvgIpc) is 3.29. The molecular formula is C21H32N4O9. The molecule has 1 aliphatic rings. The number of aliphatic hydroxyl groups excluding tert-OH is 1. The largest absolute Gasteiger partial charge is 0.466 e. The molecule has 2 N–H and O–H groups in total. The van der Waals surface area contributed by atoms with Crippen LogP contribution in [0.15, 0.2) is 0 Å². The molecule has 0 saturated heterocycles. The monoisotopic (exact) mass is 484 g/mol. The Morgan fingerprint density at radius 2 is 1.62 bits per heavy atom. The third-order valence-corrected chi connectivity index (χ3v) is 4.91. The van der Waals surface area contributed by atoms with Gasteiger partial charge in [0, 0.05) is 0 Å². The van der Waals surface area contributed by atoms with Crippen molar-refractivity contribution < 1.29 is 43.2 Å². The number of hydrogen-bond donors (Lipinski definition) is 2. The molecule has 1 aliphatic carbocycles. The van der Waals surface area contributed by atoms with Gasteiger partial charge in [0.15, 0.2) is 5.69 Å². The fourth-order valence-electron chi connectivity index (χ4n) is 3.64. The van der Waals surface area contributed by atoms with Gasteiger partial charge < -0.3 is 29.4 Å². The Morgan fingerprint density at radius 3 is 2.18 bits per heavy atom. The van der Waals surface area contributed by atoms with E-state index in [1.165, 1.54) is 0 Å². The molecule has 1 fully saturated rings. The molecule has 0 aliphatic heterocycles. The van der Waals surface area contributed by atoms with Gasteiger partial charge in [-0.1, -0.05) is 5.21 Å². The molecule has 0 spiro atoms. The molecule has 0 radical (unpaired) electrons. The van der Waals surface area contributed by atoms with Crippen LogP contribution in [0.2, 0.25) is 0 Å². The van der Waals surface area contributed by atoms with Gasteiger partial charge in [-0.15, -0.1) is 5.10 Å². The first-order valence-electron chi connectivity index (χ1n) is 11.1. The number of esters is 3. The maximum absolute atomic E-state index is 12.7. The number of alkyl carbamates (subject to hydrolysis) is 1. The summed E-state index contributed by atoms with van der Waals surface area (Å²) < 4.78 is 21.4. The van der Waals surface area contributed by atoms with E-state index in [1.54, 1.807) is 41.5 Å². The van der Waals surface area contributed by atoms with Crippen molar-refractivity contribution in [1.29, 1.82) is 0 Å². The van der Waals surface area contributed by atoms with Crippen molar-refractivity contribution in [2.45, 2.75) is 71.8 Å². The molecule has 1 aromatic rings. The second-order valence-corrected chi connectivity index (χ2v) is 8.50. The molecule has 1 saturated carbocycles. The van der Waals surface area contributed by atoms with Crippen molar-refractivity contribution >= 4 is 24.0 Å². The van der Waals surface area contributed by atoms with E-state index < -0.39 is 53.7 Å². The van der Waals surface area contributed by atoms with E-state index in [-0.39, 0.29) is 37.6 Å². The fraction of sp³-hybridized carbons (Fsp3) is 0.714. The zero-order chi connectivity index (χ0) is 25.6. The Balaban J connectivity index is 2.46. The van der Waals surface area contributed by atoms with Crippen LogP contribution in [-0.2, 0) is 23.7 Å². The zero-order valence-corrected chi connectivity index (χ0v) is 20.2. The lowest BCUT2D eigenvalue weighted by Crippen LogP contribution is -2.49. The SMILES string of the molecule is CCOC(=O)c1nnn([C@@H]2C[C@H](C(=O)OCC)[C@H](NC(=O)OC(C)(C)C)[C@H]2O)c1C(=O)OCC. The summed E-state index contributed by atoms with van der Waals surface area (Å²) in [5.74, 6) is -3.44. The van der Waals surface area contributed by atoms with Crippen LogP contribution in [0.25, 0.3) is 0 Å². The molecule has 1 amide bonds. The van der Waals surface area contributed by atoms with Gasteiger partial charge in [0.25, 0.3) is 0 Å². The number of carbonyl (C=O) groups excluding carboxylic acids is 4. The van der Waals surface area contributed by atoms with Crippen molar-refractivity contribution in [3.05, 3.63) is 11.4 Å². The predicted octanol–water partition coefficient (Wildman–Crippen LogP) is 1.01. The average molecular weight is 485 g/mol. The third-order valence-electron chi connectivity index (χ3n) is 4.91. The Morgan fingerprint density at radius 1 is 1.03 bits per heavy atom. The highest BCUT2D eigenvalue weighted by Gasteiger charge is 2.50. The fourth-order valence-corrected chi connectivity index (χ4v) is 3.64. The molecule has 13 nitrogen and oxygen atoms in total. The van der Waals surface area contributed by atoms with Gasteiger partial charge in [0.1, 0.15) is 5.60 Å². The third kappa shape index (κ3) is 6.22. The van der Waals surface area contributed by atoms with E-state index >= 15 is 0 Å². The summed E-state index contributed by atoms with van der Waals surface area (Å²) in [7, 11) is 0. The maximum atomic E-state index is 12.7. The molecule has 0 unspecified atom stereocenters. The molecule has 34 heavy (non-hydrogen) atoms. The van der Waals surface area contributed by atoms with Gasteiger partial charge in [-0.05, 0) is 48.0 Å². The van der Waals surface area contributed by atoms with Gasteiger partial charge in [-0.25, -0.2) is 19.1 Å². The quantitative estimate of drug-likeness (QED) is 0.399. The Bertz CT molecular complexity index is 909. The molecule has 1 heterocycles. The molecule has 13 heteroatoms. The van der Waals surface area contributed by atoms with Crippen LogP contribution in [-0.4, -0.2) is 81.7 Å². The lowest BCUT2D eigenvalue weighted by Gasteiger charge is -2.26. The van der Waals surface area contributed by atoms with Gasteiger partial charge >= 0.3 is 24.0 Å². The summed E-state index contributed by atoms with van der Waals surface area (Å²) in [6.07, 6.45) is -2.33. The standard InChI is InChI=1S/C21H32N4O9/c1-7-31-17(27)11-10-12(16(26)13(11)22-20(30)34-21(4,5)6)25-15(19(29)33-9-3)14(23-24-25)18(28)32-8-2/h11-13,16,26H,7-10H2,1-6H3,(H,22,30)/t11-,12+,13-,16-/m0/s1. The first-order valence-corrected chi connectivity index (χ1v) is 11.1. The molecule has 0 aromatic carbocycles. The van der Waals surface area contributed by atoms with Gasteiger partial charge in [0.05, 0.1) is 43.9 Å². The number of nitrogens with one attached hydrogen (secondary N) is 1. The van der Waals surface area contributed by atoms with Crippen LogP contribution in [0.4, 0.5) is 4.79 Å². The van der Waals surface area contributed by atoms with Gasteiger partial charge in [-0.3, -0.25) is 4.79 Å². The molecule has 190 valence electrons. The minimum Gasteiger partial charge on any atom is -0.466 e. The zero-order valence-electron chi connectivity index (χ0n) is 20.2. The molecule has 1 aromatic heterocycles. The van der Waals surface area contributed by atoms with Crippen molar-refractivity contribution in [2.75, 3.05) is 19.8 Å². The number of carbonyl (C=O) groups is 4. The lowest BCUT2D eigenvalue weighted by atomic mass is 10.0. The second kappa shape index (κ2) is 11.3. The van der Waals surface area contributed by atoms with Crippen molar-refractivity contribution in [2.24, 2.45) is 5.92 Å². The van der Waals surface area contributed by atoms with E-state index in [9.17, 15) is 24.3 Å². The van der Waals surface area contributed by atoms with Crippen LogP contribution < -0.4 is 5.32 Å². The number of aromatic nitrogens is 3. The van der Waals surface area contributed by atoms with Crippen molar-refractivity contribution in [3.8, 4) is 0 Å². The summed E-state index contributed by atoms with van der Waals surface area (Å²) in [5, 5.41) is 21.2. The van der Waals surface area contributed by atoms with Crippen molar-refractivity contribution in [3.63, 3.8) is 0 Å². The van der Waals surface area contributed by atoms with Crippen LogP contribution in [0.5, 0.6) is 0 Å². The highest BCUT2D eigenvalue weighted by Crippen LogP contribution is 2.37. The first kappa shape index (κ1) is 27.0. The Hall–Kier alpha value is -3.22. The summed E-state index contributed by atoms with van der Waals surface area (Å²) >= 11 is 0. The lowest BCUT2D eigenvalue weighted by molar-refractivity contribution is -0.148. The second-order valence-electron chi connectivity index (χ2n) is 8.50. The highest BCUT2D eigenvalue weighted by molar-refractivity contribution is 6.00. The van der Waals surface area contributed by atoms with Crippen LogP contribution in [0.1, 0.15) is 75.0 Å². The summed E-state index contributed by atoms with van der Waals surface area (Å²) in [6, 6.07) is -2.14. The minimum absolute atomic E-state index is 0.00771. The number of rotatable bonds is 8. The van der Waals surface area contributed by atoms with E-state index in [4.69, 9.17) is 18.9 Å². The Labute approximate surface area is 197 Å². The van der Waals surface area contributed by atoms with Gasteiger partial charge in [0.2, 0.25) is 5.69 Å². The highest BCUT2D eigenvalue weighted by atomic mass is 16.6. The smallest absolute Gasteiger partial charge is 0.407 e. The van der Waals surface area contributed by atoms with E-state index in [1.807, 2.05) is 0 Å². The molecule has 4 atom stereocenters.